The summed E-state index contributed by atoms with van der Waals surface area (Å²) >= 11 is 0. The first-order valence-corrected chi connectivity index (χ1v) is 4.92. The van der Waals surface area contributed by atoms with Gasteiger partial charge in [0.1, 0.15) is 24.4 Å². The second-order valence-corrected chi connectivity index (χ2v) is 3.50. The standard InChI is InChI=1S/C6H12O6.C4H7NO/c7-1-3(9)5(11)6(12)4(10)2-8;1-3(2)4(5)6/h1,3-6,8-12H,2H2;1H2,2H3,(H2,5,6)/t3-,4-,5-,6-;/m1./s1. The van der Waals surface area contributed by atoms with Crippen LogP contribution >= 0.6 is 0 Å². The van der Waals surface area contributed by atoms with Crippen molar-refractivity contribution in [3.63, 3.8) is 0 Å². The number of nitrogens with two attached hydrogens (primary N) is 1. The summed E-state index contributed by atoms with van der Waals surface area (Å²) in [7, 11) is 0. The van der Waals surface area contributed by atoms with Gasteiger partial charge in [-0.2, -0.15) is 0 Å². The molecule has 0 aliphatic rings. The third kappa shape index (κ3) is 7.87. The van der Waals surface area contributed by atoms with E-state index < -0.39 is 36.9 Å². The maximum atomic E-state index is 9.90. The Kier molecular flexibility index (Phi) is 10.2. The molecule has 8 heteroatoms. The van der Waals surface area contributed by atoms with Gasteiger partial charge < -0.3 is 36.1 Å². The minimum atomic E-state index is -1.79. The maximum Gasteiger partial charge on any atom is 0.243 e. The number of primary amides is 1. The molecule has 0 fully saturated rings. The predicted octanol–water partition coefficient (Wildman–Crippen LogP) is -3.33. The summed E-state index contributed by atoms with van der Waals surface area (Å²) in [6, 6.07) is 0. The van der Waals surface area contributed by atoms with Crippen molar-refractivity contribution in [3.8, 4) is 0 Å². The highest BCUT2D eigenvalue weighted by Gasteiger charge is 2.29. The molecule has 0 rings (SSSR count). The maximum absolute atomic E-state index is 9.90. The molecule has 0 unspecified atom stereocenters. The molecule has 7 N–H and O–H groups in total. The molecule has 0 aromatic heterocycles. The quantitative estimate of drug-likeness (QED) is 0.216. The molecule has 106 valence electrons. The van der Waals surface area contributed by atoms with Gasteiger partial charge in [0.2, 0.25) is 5.91 Å². The van der Waals surface area contributed by atoms with Crippen LogP contribution in [0.15, 0.2) is 12.2 Å². The first kappa shape index (κ1) is 19.0. The van der Waals surface area contributed by atoms with Crippen LogP contribution in [0.3, 0.4) is 0 Å². The number of aliphatic hydroxyl groups is 5. The summed E-state index contributed by atoms with van der Waals surface area (Å²) in [5.74, 6) is -0.435. The van der Waals surface area contributed by atoms with Crippen molar-refractivity contribution in [2.24, 2.45) is 5.73 Å². The highest BCUT2D eigenvalue weighted by Crippen LogP contribution is 2.02. The highest BCUT2D eigenvalue weighted by molar-refractivity contribution is 5.90. The molecule has 0 aliphatic carbocycles. The normalized spacial score (nSPS) is 16.6. The molecule has 0 aliphatic heterocycles. The topological polar surface area (TPSA) is 161 Å². The number of carbonyl (C=O) groups is 2. The van der Waals surface area contributed by atoms with Gasteiger partial charge in [-0.25, -0.2) is 0 Å². The third-order valence-electron chi connectivity index (χ3n) is 1.84. The Morgan fingerprint density at radius 1 is 1.28 bits per heavy atom. The fourth-order valence-corrected chi connectivity index (χ4v) is 0.618. The van der Waals surface area contributed by atoms with Gasteiger partial charge in [-0.3, -0.25) is 4.79 Å². The average molecular weight is 265 g/mol. The zero-order valence-electron chi connectivity index (χ0n) is 9.93. The number of aldehydes is 1. The number of rotatable bonds is 6. The van der Waals surface area contributed by atoms with Crippen LogP contribution in [0.5, 0.6) is 0 Å². The predicted molar refractivity (Wildman–Crippen MR) is 61.2 cm³/mol. The Morgan fingerprint density at radius 3 is 1.89 bits per heavy atom. The molecule has 4 atom stereocenters. The van der Waals surface area contributed by atoms with Crippen LogP contribution in [-0.2, 0) is 9.59 Å². The van der Waals surface area contributed by atoms with Gasteiger partial charge in [0, 0.05) is 5.57 Å². The van der Waals surface area contributed by atoms with Gasteiger partial charge in [-0.1, -0.05) is 6.58 Å². The molecular weight excluding hydrogens is 246 g/mol. The number of hydrogen-bond donors (Lipinski definition) is 6. The largest absolute Gasteiger partial charge is 0.394 e. The molecule has 8 nitrogen and oxygen atoms in total. The molecule has 0 bridgehead atoms. The van der Waals surface area contributed by atoms with Crippen molar-refractivity contribution in [2.75, 3.05) is 6.61 Å². The lowest BCUT2D eigenvalue weighted by molar-refractivity contribution is -0.136. The second-order valence-electron chi connectivity index (χ2n) is 3.50. The zero-order chi connectivity index (χ0) is 14.9. The van der Waals surface area contributed by atoms with E-state index in [2.05, 4.69) is 6.58 Å². The molecule has 0 saturated carbocycles. The van der Waals surface area contributed by atoms with E-state index in [9.17, 15) is 9.59 Å². The van der Waals surface area contributed by atoms with Crippen molar-refractivity contribution < 1.29 is 35.1 Å². The van der Waals surface area contributed by atoms with E-state index in [-0.39, 0.29) is 6.29 Å². The SMILES string of the molecule is C=C(C)C(N)=O.O=C[C@@H](O)[C@@H](O)[C@H](O)[C@H](O)CO. The minimum Gasteiger partial charge on any atom is -0.394 e. The first-order chi connectivity index (χ1) is 8.18. The Balaban J connectivity index is 0. The van der Waals surface area contributed by atoms with E-state index in [4.69, 9.17) is 31.3 Å². The summed E-state index contributed by atoms with van der Waals surface area (Å²) in [6.07, 6.45) is -6.84. The lowest BCUT2D eigenvalue weighted by Crippen LogP contribution is -2.46. The van der Waals surface area contributed by atoms with Crippen LogP contribution in [-0.4, -0.2) is 68.7 Å². The molecule has 0 spiro atoms. The van der Waals surface area contributed by atoms with Gasteiger partial charge in [-0.15, -0.1) is 0 Å². The monoisotopic (exact) mass is 265 g/mol. The van der Waals surface area contributed by atoms with E-state index >= 15 is 0 Å². The lowest BCUT2D eigenvalue weighted by atomic mass is 10.0. The number of hydrogen-bond acceptors (Lipinski definition) is 7. The van der Waals surface area contributed by atoms with Gasteiger partial charge in [-0.05, 0) is 6.92 Å². The fraction of sp³-hybridized carbons (Fsp3) is 0.600. The molecule has 0 heterocycles. The van der Waals surface area contributed by atoms with Crippen LogP contribution in [0.4, 0.5) is 0 Å². The zero-order valence-corrected chi connectivity index (χ0v) is 9.93. The van der Waals surface area contributed by atoms with Crippen LogP contribution in [0.2, 0.25) is 0 Å². The highest BCUT2D eigenvalue weighted by atomic mass is 16.4. The Morgan fingerprint density at radius 2 is 1.67 bits per heavy atom. The molecule has 0 aromatic rings. The molecule has 0 saturated heterocycles. The number of carbonyl (C=O) groups excluding carboxylic acids is 2. The van der Waals surface area contributed by atoms with Crippen molar-refractivity contribution in [2.45, 2.75) is 31.3 Å². The van der Waals surface area contributed by atoms with E-state index in [1.807, 2.05) is 0 Å². The molecule has 0 aromatic carbocycles. The van der Waals surface area contributed by atoms with Crippen molar-refractivity contribution in [3.05, 3.63) is 12.2 Å². The minimum absolute atomic E-state index is 0.0258. The fourth-order valence-electron chi connectivity index (χ4n) is 0.618. The summed E-state index contributed by atoms with van der Waals surface area (Å²) in [4.78, 5) is 19.7. The first-order valence-electron chi connectivity index (χ1n) is 4.92. The van der Waals surface area contributed by atoms with E-state index in [1.165, 1.54) is 0 Å². The lowest BCUT2D eigenvalue weighted by Gasteiger charge is -2.22. The summed E-state index contributed by atoms with van der Waals surface area (Å²) < 4.78 is 0. The van der Waals surface area contributed by atoms with Crippen LogP contribution in [0.25, 0.3) is 0 Å². The van der Waals surface area contributed by atoms with E-state index in [0.717, 1.165) is 0 Å². The Labute approximate surface area is 104 Å². The van der Waals surface area contributed by atoms with Crippen molar-refractivity contribution >= 4 is 12.2 Å². The van der Waals surface area contributed by atoms with Gasteiger partial charge >= 0.3 is 0 Å². The number of aliphatic hydroxyl groups excluding tert-OH is 5. The average Bonchev–Trinajstić information content (AvgIpc) is 2.35. The van der Waals surface area contributed by atoms with Crippen LogP contribution in [0, 0.1) is 0 Å². The van der Waals surface area contributed by atoms with Crippen molar-refractivity contribution in [1.29, 1.82) is 0 Å². The summed E-state index contributed by atoms with van der Waals surface area (Å²) in [5.41, 5.74) is 5.09. The van der Waals surface area contributed by atoms with Crippen molar-refractivity contribution in [1.82, 2.24) is 0 Å². The smallest absolute Gasteiger partial charge is 0.243 e. The summed E-state index contributed by atoms with van der Waals surface area (Å²) in [5, 5.41) is 43.5. The number of amides is 1. The van der Waals surface area contributed by atoms with Gasteiger partial charge in [0.25, 0.3) is 0 Å². The van der Waals surface area contributed by atoms with E-state index in [0.29, 0.717) is 5.57 Å². The molecule has 18 heavy (non-hydrogen) atoms. The third-order valence-corrected chi connectivity index (χ3v) is 1.84. The van der Waals surface area contributed by atoms with Gasteiger partial charge in [0.15, 0.2) is 6.29 Å². The Bertz CT molecular complexity index is 269. The van der Waals surface area contributed by atoms with E-state index in [1.54, 1.807) is 6.92 Å². The van der Waals surface area contributed by atoms with Crippen LogP contribution < -0.4 is 5.73 Å². The Hall–Kier alpha value is -1.32. The second kappa shape index (κ2) is 9.68. The van der Waals surface area contributed by atoms with Gasteiger partial charge in [0.05, 0.1) is 6.61 Å². The van der Waals surface area contributed by atoms with Crippen LogP contribution in [0.1, 0.15) is 6.92 Å². The molecule has 1 amide bonds. The summed E-state index contributed by atoms with van der Waals surface area (Å²) in [6.45, 7) is 4.09. The molecular formula is C10H19NO7. The molecule has 0 radical (unpaired) electrons.